The minimum Gasteiger partial charge on any atom is -0.474 e. The van der Waals surface area contributed by atoms with Gasteiger partial charge in [-0.2, -0.15) is 0 Å². The highest BCUT2D eigenvalue weighted by molar-refractivity contribution is 6.04. The Kier molecular flexibility index (Phi) is 5.70. The van der Waals surface area contributed by atoms with Crippen LogP contribution < -0.4 is 19.9 Å². The fourth-order valence-corrected chi connectivity index (χ4v) is 4.34. The molecule has 2 atom stereocenters. The average Bonchev–Trinajstić information content (AvgIpc) is 3.41. The predicted octanol–water partition coefficient (Wildman–Crippen LogP) is 1.82. The predicted molar refractivity (Wildman–Crippen MR) is 120 cm³/mol. The maximum Gasteiger partial charge on any atom is 0.356 e. The first-order valence-corrected chi connectivity index (χ1v) is 11.0. The molecule has 3 aliphatic rings. The van der Waals surface area contributed by atoms with E-state index in [-0.39, 0.29) is 30.3 Å². The smallest absolute Gasteiger partial charge is 0.356 e. The molecule has 12 heteroatoms. The van der Waals surface area contributed by atoms with Crippen LogP contribution in [0.4, 0.5) is 22.1 Å². The highest BCUT2D eigenvalue weighted by Crippen LogP contribution is 2.39. The standard InChI is InChI=1S/C22H26N6O6/c1-22(2)33-12-14(34-22)11-32-18-9-23-17(8-24-18)26-21(30)28-13-6-7-27(10-13)16-5-4-15(20(29)31-3)25-19(16)28/h4-5,8-9,13-14H,6-7,10-12H2,1-3H3,(H,23,26,30). The number of methoxy groups -OCH3 is 1. The summed E-state index contributed by atoms with van der Waals surface area (Å²) in [6.45, 7) is 5.91. The van der Waals surface area contributed by atoms with Crippen LogP contribution in [0.5, 0.6) is 5.88 Å². The van der Waals surface area contributed by atoms with Gasteiger partial charge in [0.15, 0.2) is 23.1 Å². The Morgan fingerprint density at radius 1 is 1.26 bits per heavy atom. The van der Waals surface area contributed by atoms with Gasteiger partial charge < -0.3 is 23.8 Å². The molecule has 2 unspecified atom stereocenters. The maximum absolute atomic E-state index is 13.2. The van der Waals surface area contributed by atoms with Crippen molar-refractivity contribution in [3.05, 3.63) is 30.2 Å². The number of nitrogens with zero attached hydrogens (tertiary/aromatic N) is 5. The van der Waals surface area contributed by atoms with Gasteiger partial charge in [0.25, 0.3) is 0 Å². The quantitative estimate of drug-likeness (QED) is 0.646. The largest absolute Gasteiger partial charge is 0.474 e. The molecule has 2 saturated heterocycles. The number of amides is 2. The molecule has 2 aromatic rings. The minimum absolute atomic E-state index is 0.0682. The first kappa shape index (κ1) is 22.3. The van der Waals surface area contributed by atoms with Crippen LogP contribution >= 0.6 is 0 Å². The van der Waals surface area contributed by atoms with E-state index in [1.165, 1.54) is 19.5 Å². The van der Waals surface area contributed by atoms with Crippen LogP contribution in [0.2, 0.25) is 0 Å². The molecule has 5 heterocycles. The van der Waals surface area contributed by atoms with Crippen LogP contribution in [0, 0.1) is 0 Å². The fraction of sp³-hybridized carbons (Fsp3) is 0.500. The van der Waals surface area contributed by atoms with Crippen molar-refractivity contribution in [3.63, 3.8) is 0 Å². The summed E-state index contributed by atoms with van der Waals surface area (Å²) >= 11 is 0. The van der Waals surface area contributed by atoms with Crippen LogP contribution in [-0.2, 0) is 14.2 Å². The lowest BCUT2D eigenvalue weighted by molar-refractivity contribution is -0.141. The number of urea groups is 1. The summed E-state index contributed by atoms with van der Waals surface area (Å²) in [7, 11) is 1.29. The zero-order valence-corrected chi connectivity index (χ0v) is 19.2. The van der Waals surface area contributed by atoms with Crippen LogP contribution in [0.25, 0.3) is 0 Å². The van der Waals surface area contributed by atoms with Gasteiger partial charge in [-0.15, -0.1) is 0 Å². The molecule has 2 aromatic heterocycles. The van der Waals surface area contributed by atoms with Crippen molar-refractivity contribution in [2.24, 2.45) is 0 Å². The van der Waals surface area contributed by atoms with Crippen LogP contribution in [0.1, 0.15) is 30.8 Å². The second-order valence-corrected chi connectivity index (χ2v) is 8.72. The van der Waals surface area contributed by atoms with E-state index in [1.807, 2.05) is 13.8 Å². The second-order valence-electron chi connectivity index (χ2n) is 8.72. The van der Waals surface area contributed by atoms with Crippen LogP contribution in [0.15, 0.2) is 24.5 Å². The van der Waals surface area contributed by atoms with Crippen molar-refractivity contribution < 1.29 is 28.5 Å². The van der Waals surface area contributed by atoms with Crippen LogP contribution in [-0.4, -0.2) is 78.3 Å². The summed E-state index contributed by atoms with van der Waals surface area (Å²) in [5.41, 5.74) is 0.940. The summed E-state index contributed by atoms with van der Waals surface area (Å²) in [4.78, 5) is 41.8. The first-order valence-electron chi connectivity index (χ1n) is 11.0. The van der Waals surface area contributed by atoms with E-state index >= 15 is 0 Å². The Morgan fingerprint density at radius 3 is 2.82 bits per heavy atom. The molecule has 12 nitrogen and oxygen atoms in total. The third kappa shape index (κ3) is 4.33. The summed E-state index contributed by atoms with van der Waals surface area (Å²) in [5.74, 6) is -0.182. The molecule has 0 aromatic carbocycles. The number of fused-ring (bicyclic) bond motifs is 4. The lowest BCUT2D eigenvalue weighted by Crippen LogP contribution is -2.48. The van der Waals surface area contributed by atoms with Gasteiger partial charge in [0.1, 0.15) is 12.7 Å². The first-order chi connectivity index (χ1) is 16.3. The molecule has 0 radical (unpaired) electrons. The van der Waals surface area contributed by atoms with E-state index in [0.29, 0.717) is 24.8 Å². The van der Waals surface area contributed by atoms with Crippen molar-refractivity contribution in [3.8, 4) is 5.88 Å². The third-order valence-electron chi connectivity index (χ3n) is 5.91. The number of carbonyl (C=O) groups excluding carboxylic acids is 2. The molecule has 3 aliphatic heterocycles. The topological polar surface area (TPSA) is 128 Å². The Balaban J connectivity index is 1.27. The van der Waals surface area contributed by atoms with Gasteiger partial charge in [-0.1, -0.05) is 0 Å². The van der Waals surface area contributed by atoms with Crippen molar-refractivity contribution in [2.45, 2.75) is 38.2 Å². The molecular weight excluding hydrogens is 444 g/mol. The van der Waals surface area contributed by atoms with Crippen molar-refractivity contribution >= 4 is 29.3 Å². The molecule has 2 fully saturated rings. The number of esters is 1. The van der Waals surface area contributed by atoms with Gasteiger partial charge >= 0.3 is 12.0 Å². The van der Waals surface area contributed by atoms with E-state index in [1.54, 1.807) is 17.0 Å². The summed E-state index contributed by atoms with van der Waals surface area (Å²) in [6, 6.07) is 2.93. The zero-order valence-electron chi connectivity index (χ0n) is 19.2. The number of hydrogen-bond acceptors (Lipinski definition) is 10. The molecule has 0 saturated carbocycles. The number of aromatic nitrogens is 3. The molecule has 2 bridgehead atoms. The Labute approximate surface area is 196 Å². The zero-order chi connectivity index (χ0) is 23.9. The van der Waals surface area contributed by atoms with Gasteiger partial charge in [-0.25, -0.2) is 24.5 Å². The molecule has 1 N–H and O–H groups in total. The average molecular weight is 470 g/mol. The number of anilines is 3. The van der Waals surface area contributed by atoms with E-state index < -0.39 is 17.8 Å². The molecule has 180 valence electrons. The Hall–Kier alpha value is -3.51. The molecular formula is C22H26N6O6. The van der Waals surface area contributed by atoms with E-state index in [4.69, 9.17) is 18.9 Å². The van der Waals surface area contributed by atoms with Gasteiger partial charge in [-0.3, -0.25) is 10.2 Å². The van der Waals surface area contributed by atoms with Crippen LogP contribution in [0.3, 0.4) is 0 Å². The number of rotatable bonds is 5. The highest BCUT2D eigenvalue weighted by atomic mass is 16.7. The molecule has 2 amide bonds. The van der Waals surface area contributed by atoms with Gasteiger partial charge in [0, 0.05) is 13.1 Å². The monoisotopic (exact) mass is 470 g/mol. The van der Waals surface area contributed by atoms with Gasteiger partial charge in [-0.05, 0) is 32.4 Å². The SMILES string of the molecule is COC(=O)c1ccc2c(n1)N(C(=O)Nc1cnc(OCC3COC(C)(C)O3)cn1)C1CCN2C1. The van der Waals surface area contributed by atoms with Crippen molar-refractivity contribution in [2.75, 3.05) is 48.5 Å². The Bertz CT molecular complexity index is 1090. The van der Waals surface area contributed by atoms with Gasteiger partial charge in [0.2, 0.25) is 5.88 Å². The van der Waals surface area contributed by atoms with E-state index in [2.05, 4.69) is 25.2 Å². The van der Waals surface area contributed by atoms with E-state index in [0.717, 1.165) is 18.7 Å². The summed E-state index contributed by atoms with van der Waals surface area (Å²) in [5, 5.41) is 2.77. The highest BCUT2D eigenvalue weighted by Gasteiger charge is 2.40. The fourth-order valence-electron chi connectivity index (χ4n) is 4.34. The lowest BCUT2D eigenvalue weighted by atomic mass is 10.2. The number of hydrogen-bond donors (Lipinski definition) is 1. The number of carbonyl (C=O) groups is 2. The molecule has 34 heavy (non-hydrogen) atoms. The molecule has 0 spiro atoms. The number of nitrogens with one attached hydrogen (secondary N) is 1. The van der Waals surface area contributed by atoms with E-state index in [9.17, 15) is 9.59 Å². The summed E-state index contributed by atoms with van der Waals surface area (Å²) in [6.07, 6.45) is 3.46. The van der Waals surface area contributed by atoms with Crippen molar-refractivity contribution in [1.29, 1.82) is 0 Å². The molecule has 0 aliphatic carbocycles. The molecule has 5 rings (SSSR count). The minimum atomic E-state index is -0.621. The second kappa shape index (κ2) is 8.69. The number of pyridine rings is 1. The summed E-state index contributed by atoms with van der Waals surface area (Å²) < 4.78 is 21.6. The van der Waals surface area contributed by atoms with Gasteiger partial charge in [0.05, 0.1) is 37.8 Å². The normalized spacial score (nSPS) is 22.3. The maximum atomic E-state index is 13.2. The number of ether oxygens (including phenoxy) is 4. The van der Waals surface area contributed by atoms with Crippen molar-refractivity contribution in [1.82, 2.24) is 15.0 Å². The third-order valence-corrected chi connectivity index (χ3v) is 5.91. The Morgan fingerprint density at radius 2 is 2.12 bits per heavy atom. The lowest BCUT2D eigenvalue weighted by Gasteiger charge is -2.35.